The van der Waals surface area contributed by atoms with E-state index in [2.05, 4.69) is 34.6 Å². The maximum absolute atomic E-state index is 12.8. The van der Waals surface area contributed by atoms with Crippen LogP contribution in [0.1, 0.15) is 37.2 Å². The van der Waals surface area contributed by atoms with E-state index in [-0.39, 0.29) is 29.6 Å². The maximum Gasteiger partial charge on any atom is 0.297 e. The molecule has 0 unspecified atom stereocenters. The van der Waals surface area contributed by atoms with Crippen molar-refractivity contribution in [2.24, 2.45) is 0 Å². The highest BCUT2D eigenvalue weighted by atomic mass is 16.3. The Morgan fingerprint density at radius 1 is 1.03 bits per heavy atom. The van der Waals surface area contributed by atoms with Crippen LogP contribution in [0.5, 0.6) is 0 Å². The van der Waals surface area contributed by atoms with E-state index < -0.39 is 0 Å². The van der Waals surface area contributed by atoms with Crippen molar-refractivity contribution in [3.63, 3.8) is 0 Å². The Balaban J connectivity index is 1.25. The number of carbonyl (C=O) groups excluding carboxylic acids is 1. The molecule has 4 aromatic rings. The van der Waals surface area contributed by atoms with Crippen LogP contribution in [0.15, 0.2) is 70.1 Å². The normalized spacial score (nSPS) is 19.2. The number of benzene rings is 2. The number of nitrogens with zero attached hydrogens (tertiary/aromatic N) is 2. The summed E-state index contributed by atoms with van der Waals surface area (Å²) in [7, 11) is 0. The van der Waals surface area contributed by atoms with Gasteiger partial charge in [-0.2, -0.15) is 0 Å². The van der Waals surface area contributed by atoms with Crippen LogP contribution in [0.25, 0.3) is 22.1 Å². The number of hydrogen-bond acceptors (Lipinski definition) is 4. The van der Waals surface area contributed by atoms with Gasteiger partial charge in [0.2, 0.25) is 11.5 Å². The summed E-state index contributed by atoms with van der Waals surface area (Å²) in [5.74, 6) is 0.388. The lowest BCUT2D eigenvalue weighted by Crippen LogP contribution is -2.40. The van der Waals surface area contributed by atoms with Crippen molar-refractivity contribution in [3.8, 4) is 0 Å². The largest absolute Gasteiger partial charge is 0.448 e. The topological polar surface area (TPSA) is 77.1 Å². The minimum atomic E-state index is -0.334. The van der Waals surface area contributed by atoms with E-state index in [1.165, 1.54) is 16.5 Å². The predicted molar refractivity (Wildman–Crippen MR) is 115 cm³/mol. The molecule has 1 N–H and O–H groups in total. The zero-order valence-electron chi connectivity index (χ0n) is 16.6. The minimum absolute atomic E-state index is 0.0581. The Morgan fingerprint density at radius 3 is 2.57 bits per heavy atom. The van der Waals surface area contributed by atoms with Crippen molar-refractivity contribution in [1.29, 1.82) is 0 Å². The van der Waals surface area contributed by atoms with Crippen LogP contribution >= 0.6 is 0 Å². The first-order valence-electron chi connectivity index (χ1n) is 10.4. The number of fused-ring (bicyclic) bond motifs is 3. The number of aromatic nitrogens is 2. The van der Waals surface area contributed by atoms with Gasteiger partial charge in [-0.25, -0.2) is 4.98 Å². The summed E-state index contributed by atoms with van der Waals surface area (Å²) in [6.07, 6.45) is 5.43. The Labute approximate surface area is 173 Å². The van der Waals surface area contributed by atoms with Crippen LogP contribution in [0, 0.1) is 0 Å². The van der Waals surface area contributed by atoms with E-state index in [1.54, 1.807) is 6.07 Å². The molecule has 0 radical (unpaired) electrons. The van der Waals surface area contributed by atoms with Crippen molar-refractivity contribution in [2.75, 3.05) is 0 Å². The summed E-state index contributed by atoms with van der Waals surface area (Å²) in [6, 6.07) is 18.1. The van der Waals surface area contributed by atoms with Crippen molar-refractivity contribution >= 4 is 28.0 Å². The summed E-state index contributed by atoms with van der Waals surface area (Å²) < 4.78 is 7.00. The summed E-state index contributed by atoms with van der Waals surface area (Å²) in [4.78, 5) is 29.7. The molecule has 6 heteroatoms. The number of amides is 1. The van der Waals surface area contributed by atoms with Crippen LogP contribution in [-0.2, 0) is 11.3 Å². The lowest BCUT2D eigenvalue weighted by molar-refractivity contribution is -0.122. The molecule has 2 aromatic carbocycles. The highest BCUT2D eigenvalue weighted by molar-refractivity contribution is 6.01. The summed E-state index contributed by atoms with van der Waals surface area (Å²) >= 11 is 0. The SMILES string of the molecule is O=C(Cn1cnc2c(oc3ccccc32)c1=O)NC1CCC(c2ccccc2)CC1. The highest BCUT2D eigenvalue weighted by Crippen LogP contribution is 2.32. The molecular formula is C24H23N3O3. The van der Waals surface area contributed by atoms with Crippen molar-refractivity contribution in [3.05, 3.63) is 76.8 Å². The third-order valence-electron chi connectivity index (χ3n) is 6.03. The number of carbonyl (C=O) groups is 1. The van der Waals surface area contributed by atoms with E-state index in [0.29, 0.717) is 17.0 Å². The quantitative estimate of drug-likeness (QED) is 0.561. The van der Waals surface area contributed by atoms with E-state index >= 15 is 0 Å². The number of rotatable bonds is 4. The molecule has 1 fully saturated rings. The van der Waals surface area contributed by atoms with E-state index in [4.69, 9.17) is 4.42 Å². The van der Waals surface area contributed by atoms with Gasteiger partial charge in [0.1, 0.15) is 17.6 Å². The van der Waals surface area contributed by atoms with E-state index in [0.717, 1.165) is 31.1 Å². The zero-order valence-corrected chi connectivity index (χ0v) is 16.6. The Hall–Kier alpha value is -3.41. The molecule has 1 aliphatic carbocycles. The molecule has 5 rings (SSSR count). The molecule has 2 aromatic heterocycles. The summed E-state index contributed by atoms with van der Waals surface area (Å²) in [5.41, 5.74) is 2.38. The van der Waals surface area contributed by atoms with Crippen LogP contribution in [-0.4, -0.2) is 21.5 Å². The van der Waals surface area contributed by atoms with Crippen LogP contribution in [0.2, 0.25) is 0 Å². The molecule has 1 saturated carbocycles. The lowest BCUT2D eigenvalue weighted by atomic mass is 9.82. The monoisotopic (exact) mass is 401 g/mol. The molecule has 152 valence electrons. The third-order valence-corrected chi connectivity index (χ3v) is 6.03. The average molecular weight is 401 g/mol. The van der Waals surface area contributed by atoms with Crippen molar-refractivity contribution in [1.82, 2.24) is 14.9 Å². The fourth-order valence-corrected chi connectivity index (χ4v) is 4.45. The van der Waals surface area contributed by atoms with Gasteiger partial charge in [-0.1, -0.05) is 42.5 Å². The molecule has 0 spiro atoms. The van der Waals surface area contributed by atoms with Crippen LogP contribution in [0.4, 0.5) is 0 Å². The van der Waals surface area contributed by atoms with Gasteiger partial charge in [-0.05, 0) is 49.3 Å². The molecule has 0 bridgehead atoms. The first-order valence-corrected chi connectivity index (χ1v) is 10.4. The molecule has 6 nitrogen and oxygen atoms in total. The van der Waals surface area contributed by atoms with E-state index in [9.17, 15) is 9.59 Å². The molecular weight excluding hydrogens is 378 g/mol. The second-order valence-corrected chi connectivity index (χ2v) is 7.98. The van der Waals surface area contributed by atoms with Gasteiger partial charge >= 0.3 is 0 Å². The van der Waals surface area contributed by atoms with Gasteiger partial charge in [0.05, 0.1) is 6.33 Å². The molecule has 2 heterocycles. The minimum Gasteiger partial charge on any atom is -0.448 e. The zero-order chi connectivity index (χ0) is 20.5. The van der Waals surface area contributed by atoms with Gasteiger partial charge in [0, 0.05) is 11.4 Å². The first kappa shape index (κ1) is 18.6. The molecule has 0 aliphatic heterocycles. The smallest absolute Gasteiger partial charge is 0.297 e. The standard InChI is InChI=1S/C24H23N3O3/c28-21(26-18-12-10-17(11-13-18)16-6-2-1-3-7-16)14-27-15-25-22-19-8-4-5-9-20(19)30-23(22)24(27)29/h1-9,15,17-18H,10-14H2,(H,26,28). The highest BCUT2D eigenvalue weighted by Gasteiger charge is 2.23. The van der Waals surface area contributed by atoms with Gasteiger partial charge in [-0.15, -0.1) is 0 Å². The maximum atomic E-state index is 12.8. The molecule has 0 atom stereocenters. The van der Waals surface area contributed by atoms with Gasteiger partial charge in [-0.3, -0.25) is 14.2 Å². The van der Waals surface area contributed by atoms with Gasteiger partial charge in [0.15, 0.2) is 0 Å². The lowest BCUT2D eigenvalue weighted by Gasteiger charge is -2.29. The van der Waals surface area contributed by atoms with Gasteiger partial charge in [0.25, 0.3) is 5.56 Å². The molecule has 1 amide bonds. The number of hydrogen-bond donors (Lipinski definition) is 1. The van der Waals surface area contributed by atoms with E-state index in [1.807, 2.05) is 24.3 Å². The number of nitrogens with one attached hydrogen (secondary N) is 1. The molecule has 0 saturated heterocycles. The van der Waals surface area contributed by atoms with Crippen molar-refractivity contribution in [2.45, 2.75) is 44.2 Å². The second kappa shape index (κ2) is 7.78. The third kappa shape index (κ3) is 3.49. The predicted octanol–water partition coefficient (Wildman–Crippen LogP) is 3.99. The Bertz CT molecular complexity index is 1250. The number of furan rings is 1. The number of para-hydroxylation sites is 1. The van der Waals surface area contributed by atoms with Gasteiger partial charge < -0.3 is 9.73 Å². The summed E-state index contributed by atoms with van der Waals surface area (Å²) in [6.45, 7) is -0.0581. The second-order valence-electron chi connectivity index (χ2n) is 7.98. The molecule has 1 aliphatic rings. The van der Waals surface area contributed by atoms with Crippen molar-refractivity contribution < 1.29 is 9.21 Å². The van der Waals surface area contributed by atoms with Crippen LogP contribution < -0.4 is 10.9 Å². The fourth-order valence-electron chi connectivity index (χ4n) is 4.45. The molecule has 30 heavy (non-hydrogen) atoms. The van der Waals surface area contributed by atoms with Crippen LogP contribution in [0.3, 0.4) is 0 Å². The average Bonchev–Trinajstić information content (AvgIpc) is 3.16. The Kier molecular flexibility index (Phi) is 4.83. The Morgan fingerprint density at radius 2 is 1.77 bits per heavy atom. The summed E-state index contributed by atoms with van der Waals surface area (Å²) in [5, 5.41) is 3.89. The fraction of sp³-hybridized carbons (Fsp3) is 0.292. The first-order chi connectivity index (χ1) is 14.7.